The van der Waals surface area contributed by atoms with Crippen molar-refractivity contribution >= 4 is 17.2 Å². The van der Waals surface area contributed by atoms with Crippen molar-refractivity contribution in [1.82, 2.24) is 10.4 Å². The van der Waals surface area contributed by atoms with Gasteiger partial charge in [0, 0.05) is 29.1 Å². The van der Waals surface area contributed by atoms with Crippen molar-refractivity contribution in [3.63, 3.8) is 0 Å². The van der Waals surface area contributed by atoms with E-state index in [1.807, 2.05) is 67.6 Å². The molecule has 2 heterocycles. The maximum atomic E-state index is 5.51. The Morgan fingerprint density at radius 1 is 0.885 bits per heavy atom. The van der Waals surface area contributed by atoms with E-state index in [1.165, 1.54) is 0 Å². The van der Waals surface area contributed by atoms with Crippen LogP contribution in [0.15, 0.2) is 83.2 Å². The molecule has 0 unspecified atom stereocenters. The molecule has 5 nitrogen and oxygen atoms in total. The molecule has 1 N–H and O–H groups in total. The lowest BCUT2D eigenvalue weighted by atomic mass is 10.0. The number of fused-ring (bicyclic) bond motifs is 1. The van der Waals surface area contributed by atoms with Crippen molar-refractivity contribution in [3.05, 3.63) is 89.7 Å². The molecule has 5 heteroatoms. The second kappa shape index (κ2) is 7.19. The van der Waals surface area contributed by atoms with Crippen LogP contribution in [0.25, 0.3) is 0 Å². The number of aliphatic imine (C=N–C) groups is 1. The Morgan fingerprint density at radius 3 is 2.42 bits per heavy atom. The highest BCUT2D eigenvalue weighted by Crippen LogP contribution is 2.25. The normalized spacial score (nSPS) is 13.0. The van der Waals surface area contributed by atoms with Crippen molar-refractivity contribution in [2.75, 3.05) is 6.61 Å². The van der Waals surface area contributed by atoms with Crippen molar-refractivity contribution in [3.8, 4) is 5.75 Å². The number of amidine groups is 1. The van der Waals surface area contributed by atoms with E-state index in [1.54, 1.807) is 12.4 Å². The molecular weight excluding hydrogens is 324 g/mol. The predicted molar refractivity (Wildman–Crippen MR) is 103 cm³/mol. The number of hydrogen-bond acceptors (Lipinski definition) is 5. The lowest BCUT2D eigenvalue weighted by Crippen LogP contribution is -2.19. The molecule has 4 rings (SSSR count). The maximum absolute atomic E-state index is 5.51. The Kier molecular flexibility index (Phi) is 4.43. The first-order chi connectivity index (χ1) is 12.8. The van der Waals surface area contributed by atoms with E-state index in [2.05, 4.69) is 15.5 Å². The highest BCUT2D eigenvalue weighted by Gasteiger charge is 2.16. The monoisotopic (exact) mass is 342 g/mol. The van der Waals surface area contributed by atoms with Crippen LogP contribution in [0.1, 0.15) is 23.6 Å². The summed E-state index contributed by atoms with van der Waals surface area (Å²) in [6.45, 7) is 2.61. The van der Waals surface area contributed by atoms with Gasteiger partial charge >= 0.3 is 0 Å². The van der Waals surface area contributed by atoms with E-state index < -0.39 is 0 Å². The van der Waals surface area contributed by atoms with Crippen LogP contribution in [0.5, 0.6) is 5.75 Å². The van der Waals surface area contributed by atoms with Gasteiger partial charge in [-0.3, -0.25) is 10.4 Å². The molecule has 0 fully saturated rings. The number of hydrazone groups is 1. The standard InChI is InChI=1S/C21H18N4O/c1-2-26-17-9-7-16(8-10-17)21-23-19-6-4-3-5-18(19)20(24-25-21)15-11-13-22-14-12-15/h3-14H,2H2,1H3,(H,23,25). The number of rotatable bonds is 4. The zero-order valence-electron chi connectivity index (χ0n) is 14.4. The minimum atomic E-state index is 0.644. The number of hydrogen-bond donors (Lipinski definition) is 1. The molecule has 26 heavy (non-hydrogen) atoms. The number of benzene rings is 2. The Labute approximate surface area is 152 Å². The topological polar surface area (TPSA) is 58.9 Å². The van der Waals surface area contributed by atoms with Crippen LogP contribution in [0.2, 0.25) is 0 Å². The quantitative estimate of drug-likeness (QED) is 0.782. The number of para-hydroxylation sites is 1. The van der Waals surface area contributed by atoms with E-state index in [0.717, 1.165) is 33.8 Å². The van der Waals surface area contributed by atoms with E-state index in [-0.39, 0.29) is 0 Å². The van der Waals surface area contributed by atoms with Crippen LogP contribution >= 0.6 is 0 Å². The van der Waals surface area contributed by atoms with Gasteiger partial charge in [0.25, 0.3) is 0 Å². The maximum Gasteiger partial charge on any atom is 0.154 e. The number of nitrogens with one attached hydrogen (secondary N) is 1. The van der Waals surface area contributed by atoms with Gasteiger partial charge in [0.05, 0.1) is 12.3 Å². The smallest absolute Gasteiger partial charge is 0.154 e. The zero-order valence-corrected chi connectivity index (χ0v) is 14.4. The van der Waals surface area contributed by atoms with Crippen molar-refractivity contribution < 1.29 is 4.74 Å². The molecular formula is C21H18N4O. The van der Waals surface area contributed by atoms with Crippen LogP contribution in [0.3, 0.4) is 0 Å². The largest absolute Gasteiger partial charge is 0.494 e. The fraction of sp³-hybridized carbons (Fsp3) is 0.0952. The van der Waals surface area contributed by atoms with Crippen molar-refractivity contribution in [2.24, 2.45) is 10.1 Å². The Bertz CT molecular complexity index is 963. The van der Waals surface area contributed by atoms with Crippen LogP contribution < -0.4 is 10.2 Å². The van der Waals surface area contributed by atoms with Gasteiger partial charge < -0.3 is 4.74 Å². The summed E-state index contributed by atoms with van der Waals surface area (Å²) in [6, 6.07) is 19.7. The summed E-state index contributed by atoms with van der Waals surface area (Å²) in [5.41, 5.74) is 7.75. The minimum Gasteiger partial charge on any atom is -0.494 e. The van der Waals surface area contributed by atoms with E-state index in [4.69, 9.17) is 9.73 Å². The first kappa shape index (κ1) is 16.0. The van der Waals surface area contributed by atoms with Gasteiger partial charge in [0.1, 0.15) is 11.5 Å². The molecule has 0 atom stereocenters. The summed E-state index contributed by atoms with van der Waals surface area (Å²) in [5.74, 6) is 1.54. The molecule has 1 aromatic heterocycles. The molecule has 2 aromatic carbocycles. The van der Waals surface area contributed by atoms with E-state index >= 15 is 0 Å². The zero-order chi connectivity index (χ0) is 17.8. The lowest BCUT2D eigenvalue weighted by molar-refractivity contribution is 0.340. The molecule has 1 aliphatic heterocycles. The van der Waals surface area contributed by atoms with E-state index in [0.29, 0.717) is 12.4 Å². The fourth-order valence-electron chi connectivity index (χ4n) is 2.82. The molecule has 0 radical (unpaired) electrons. The summed E-state index contributed by atoms with van der Waals surface area (Å²) in [7, 11) is 0. The van der Waals surface area contributed by atoms with Crippen LogP contribution in [-0.2, 0) is 0 Å². The molecule has 0 spiro atoms. The third-order valence-corrected chi connectivity index (χ3v) is 4.06. The Hall–Kier alpha value is -3.47. The Morgan fingerprint density at radius 2 is 1.65 bits per heavy atom. The lowest BCUT2D eigenvalue weighted by Gasteiger charge is -2.07. The van der Waals surface area contributed by atoms with Crippen molar-refractivity contribution in [1.29, 1.82) is 0 Å². The van der Waals surface area contributed by atoms with Gasteiger partial charge in [-0.1, -0.05) is 18.2 Å². The molecule has 128 valence electrons. The molecule has 0 amide bonds. The van der Waals surface area contributed by atoms with Gasteiger partial charge in [-0.2, -0.15) is 5.10 Å². The molecule has 3 aromatic rings. The van der Waals surface area contributed by atoms with Crippen LogP contribution in [0, 0.1) is 0 Å². The molecule has 0 saturated heterocycles. The third-order valence-electron chi connectivity index (χ3n) is 4.06. The second-order valence-corrected chi connectivity index (χ2v) is 5.74. The SMILES string of the molecule is CCOc1ccc(C2=Nc3ccccc3C(c3ccncc3)=NN2)cc1. The summed E-state index contributed by atoms with van der Waals surface area (Å²) >= 11 is 0. The summed E-state index contributed by atoms with van der Waals surface area (Å²) in [4.78, 5) is 8.88. The van der Waals surface area contributed by atoms with Gasteiger partial charge in [-0.25, -0.2) is 4.99 Å². The number of pyridine rings is 1. The summed E-state index contributed by atoms with van der Waals surface area (Å²) < 4.78 is 5.51. The number of nitrogens with zero attached hydrogens (tertiary/aromatic N) is 3. The first-order valence-electron chi connectivity index (χ1n) is 8.50. The molecule has 0 aliphatic carbocycles. The van der Waals surface area contributed by atoms with Gasteiger partial charge in [-0.15, -0.1) is 0 Å². The molecule has 1 aliphatic rings. The second-order valence-electron chi connectivity index (χ2n) is 5.74. The average molecular weight is 342 g/mol. The van der Waals surface area contributed by atoms with Crippen LogP contribution in [-0.4, -0.2) is 23.1 Å². The molecule has 0 saturated carbocycles. The Balaban J connectivity index is 1.76. The highest BCUT2D eigenvalue weighted by molar-refractivity contribution is 6.17. The first-order valence-corrected chi connectivity index (χ1v) is 8.50. The third kappa shape index (κ3) is 3.19. The van der Waals surface area contributed by atoms with Crippen molar-refractivity contribution in [2.45, 2.75) is 6.92 Å². The van der Waals surface area contributed by atoms with Gasteiger partial charge in [0.2, 0.25) is 0 Å². The number of aromatic nitrogens is 1. The highest BCUT2D eigenvalue weighted by atomic mass is 16.5. The number of ether oxygens (including phenoxy) is 1. The average Bonchev–Trinajstić information content (AvgIpc) is 2.89. The molecule has 0 bridgehead atoms. The fourth-order valence-corrected chi connectivity index (χ4v) is 2.82. The van der Waals surface area contributed by atoms with Gasteiger partial charge in [0.15, 0.2) is 5.84 Å². The van der Waals surface area contributed by atoms with E-state index in [9.17, 15) is 0 Å². The summed E-state index contributed by atoms with van der Waals surface area (Å²) in [5, 5.41) is 4.63. The van der Waals surface area contributed by atoms with Gasteiger partial charge in [-0.05, 0) is 49.4 Å². The predicted octanol–water partition coefficient (Wildman–Crippen LogP) is 3.91. The summed E-state index contributed by atoms with van der Waals surface area (Å²) in [6.07, 6.45) is 3.53. The van der Waals surface area contributed by atoms with Crippen LogP contribution in [0.4, 0.5) is 5.69 Å². The minimum absolute atomic E-state index is 0.644.